The minimum absolute atomic E-state index is 0.395. The summed E-state index contributed by atoms with van der Waals surface area (Å²) in [5.41, 5.74) is -2.44. The molecule has 1 N–H and O–H groups in total. The van der Waals surface area contributed by atoms with Gasteiger partial charge in [0.1, 0.15) is 17.1 Å². The molecular weight excluding hydrogens is 388 g/mol. The third-order valence-corrected chi connectivity index (χ3v) is 3.43. The maximum Gasteiger partial charge on any atom is 0.412 e. The largest absolute Gasteiger partial charge is 0.465 e. The lowest BCUT2D eigenvalue weighted by atomic mass is 10.1. The van der Waals surface area contributed by atoms with Gasteiger partial charge in [0.2, 0.25) is 0 Å². The first-order valence-corrected chi connectivity index (χ1v) is 8.41. The van der Waals surface area contributed by atoms with Gasteiger partial charge >= 0.3 is 18.0 Å². The van der Waals surface area contributed by atoms with Crippen LogP contribution in [-0.2, 0) is 9.47 Å². The standard InChI is InChI=1S/C20H19F2NO6/c1-20(2,3)29-19(26)23-16-14(10-9-12(15(16)22)17(24)27-4)28-18(25)11-7-5-6-8-13(11)21/h5-10H,1-4H3,(H,23,26). The fourth-order valence-electron chi connectivity index (χ4n) is 2.21. The van der Waals surface area contributed by atoms with Crippen molar-refractivity contribution in [2.24, 2.45) is 0 Å². The van der Waals surface area contributed by atoms with Crippen LogP contribution < -0.4 is 10.1 Å². The van der Waals surface area contributed by atoms with Gasteiger partial charge in [0.25, 0.3) is 0 Å². The van der Waals surface area contributed by atoms with Crippen molar-refractivity contribution in [2.45, 2.75) is 26.4 Å². The molecule has 0 aromatic heterocycles. The molecule has 0 aliphatic rings. The number of nitrogens with one attached hydrogen (secondary N) is 1. The molecular formula is C20H19F2NO6. The predicted octanol–water partition coefficient (Wildman–Crippen LogP) is 4.32. The quantitative estimate of drug-likeness (QED) is 0.600. The third-order valence-electron chi connectivity index (χ3n) is 3.43. The number of esters is 2. The normalized spacial score (nSPS) is 10.8. The summed E-state index contributed by atoms with van der Waals surface area (Å²) in [5.74, 6) is -4.64. The lowest BCUT2D eigenvalue weighted by Gasteiger charge is -2.21. The summed E-state index contributed by atoms with van der Waals surface area (Å²) in [6.07, 6.45) is -1.05. The Balaban J connectivity index is 2.44. The van der Waals surface area contributed by atoms with E-state index in [1.165, 1.54) is 18.2 Å². The molecule has 0 bridgehead atoms. The van der Waals surface area contributed by atoms with E-state index >= 15 is 0 Å². The molecule has 1 amide bonds. The number of methoxy groups -OCH3 is 1. The van der Waals surface area contributed by atoms with Gasteiger partial charge < -0.3 is 14.2 Å². The second-order valence-electron chi connectivity index (χ2n) is 6.79. The van der Waals surface area contributed by atoms with E-state index in [2.05, 4.69) is 10.1 Å². The number of amides is 1. The van der Waals surface area contributed by atoms with Crippen molar-refractivity contribution in [1.82, 2.24) is 0 Å². The molecule has 9 heteroatoms. The SMILES string of the molecule is COC(=O)c1ccc(OC(=O)c2ccccc2F)c(NC(=O)OC(C)(C)C)c1F. The van der Waals surface area contributed by atoms with E-state index < -0.39 is 57.8 Å². The molecule has 154 valence electrons. The van der Waals surface area contributed by atoms with Gasteiger partial charge in [-0.3, -0.25) is 5.32 Å². The van der Waals surface area contributed by atoms with Gasteiger partial charge in [0.15, 0.2) is 11.6 Å². The van der Waals surface area contributed by atoms with E-state index in [4.69, 9.17) is 9.47 Å². The van der Waals surface area contributed by atoms with Crippen LogP contribution in [0.5, 0.6) is 5.75 Å². The number of ether oxygens (including phenoxy) is 3. The summed E-state index contributed by atoms with van der Waals surface area (Å²) < 4.78 is 43.3. The van der Waals surface area contributed by atoms with Crippen molar-refractivity contribution in [3.05, 3.63) is 59.2 Å². The van der Waals surface area contributed by atoms with Gasteiger partial charge in [-0.05, 0) is 45.0 Å². The van der Waals surface area contributed by atoms with Crippen molar-refractivity contribution in [2.75, 3.05) is 12.4 Å². The molecule has 0 atom stereocenters. The second-order valence-corrected chi connectivity index (χ2v) is 6.79. The molecule has 0 heterocycles. The van der Waals surface area contributed by atoms with Gasteiger partial charge in [-0.25, -0.2) is 23.2 Å². The number of carbonyl (C=O) groups excluding carboxylic acids is 3. The van der Waals surface area contributed by atoms with Crippen molar-refractivity contribution in [3.63, 3.8) is 0 Å². The zero-order valence-electron chi connectivity index (χ0n) is 16.2. The summed E-state index contributed by atoms with van der Waals surface area (Å²) >= 11 is 0. The molecule has 0 spiro atoms. The first-order chi connectivity index (χ1) is 13.5. The van der Waals surface area contributed by atoms with Crippen LogP contribution in [-0.4, -0.2) is 30.7 Å². The molecule has 2 rings (SSSR count). The summed E-state index contributed by atoms with van der Waals surface area (Å²) in [7, 11) is 1.05. The lowest BCUT2D eigenvalue weighted by molar-refractivity contribution is 0.0590. The molecule has 0 saturated carbocycles. The van der Waals surface area contributed by atoms with Crippen LogP contribution in [0.1, 0.15) is 41.5 Å². The summed E-state index contributed by atoms with van der Waals surface area (Å²) in [6, 6.07) is 7.11. The summed E-state index contributed by atoms with van der Waals surface area (Å²) in [4.78, 5) is 36.1. The average Bonchev–Trinajstić information content (AvgIpc) is 2.63. The molecule has 2 aromatic carbocycles. The maximum absolute atomic E-state index is 14.9. The molecule has 0 aliphatic carbocycles. The van der Waals surface area contributed by atoms with E-state index in [0.717, 1.165) is 25.3 Å². The molecule has 0 saturated heterocycles. The lowest BCUT2D eigenvalue weighted by Crippen LogP contribution is -2.28. The molecule has 0 unspecified atom stereocenters. The molecule has 7 nitrogen and oxygen atoms in total. The molecule has 0 fully saturated rings. The molecule has 0 aliphatic heterocycles. The Bertz CT molecular complexity index is 952. The first kappa shape index (κ1) is 21.8. The third kappa shape index (κ3) is 5.50. The predicted molar refractivity (Wildman–Crippen MR) is 99.0 cm³/mol. The van der Waals surface area contributed by atoms with Crippen LogP contribution in [0.4, 0.5) is 19.3 Å². The van der Waals surface area contributed by atoms with Crippen molar-refractivity contribution >= 4 is 23.7 Å². The topological polar surface area (TPSA) is 90.9 Å². The van der Waals surface area contributed by atoms with Gasteiger partial charge in [0, 0.05) is 0 Å². The van der Waals surface area contributed by atoms with Gasteiger partial charge in [0.05, 0.1) is 18.2 Å². The number of hydrogen-bond donors (Lipinski definition) is 1. The smallest absolute Gasteiger partial charge is 0.412 e. The highest BCUT2D eigenvalue weighted by Gasteiger charge is 2.26. The highest BCUT2D eigenvalue weighted by molar-refractivity contribution is 5.97. The van der Waals surface area contributed by atoms with Crippen LogP contribution >= 0.6 is 0 Å². The summed E-state index contributed by atoms with van der Waals surface area (Å²) in [6.45, 7) is 4.77. The number of benzene rings is 2. The van der Waals surface area contributed by atoms with Crippen LogP contribution in [0.2, 0.25) is 0 Å². The highest BCUT2D eigenvalue weighted by atomic mass is 19.1. The van der Waals surface area contributed by atoms with Crippen molar-refractivity contribution in [3.8, 4) is 5.75 Å². The Hall–Kier alpha value is -3.49. The minimum Gasteiger partial charge on any atom is -0.465 e. The first-order valence-electron chi connectivity index (χ1n) is 8.41. The molecule has 0 radical (unpaired) electrons. The highest BCUT2D eigenvalue weighted by Crippen LogP contribution is 2.32. The van der Waals surface area contributed by atoms with E-state index in [1.807, 2.05) is 0 Å². The zero-order chi connectivity index (χ0) is 21.8. The van der Waals surface area contributed by atoms with Gasteiger partial charge in [-0.2, -0.15) is 0 Å². The second kappa shape index (κ2) is 8.68. The van der Waals surface area contributed by atoms with Crippen LogP contribution in [0.15, 0.2) is 36.4 Å². The van der Waals surface area contributed by atoms with Gasteiger partial charge in [-0.15, -0.1) is 0 Å². The Morgan fingerprint density at radius 3 is 2.17 bits per heavy atom. The van der Waals surface area contributed by atoms with Gasteiger partial charge in [-0.1, -0.05) is 12.1 Å². The molecule has 2 aromatic rings. The average molecular weight is 407 g/mol. The Morgan fingerprint density at radius 2 is 1.59 bits per heavy atom. The van der Waals surface area contributed by atoms with Crippen LogP contribution in [0.3, 0.4) is 0 Å². The van der Waals surface area contributed by atoms with E-state index in [-0.39, 0.29) is 0 Å². The number of rotatable bonds is 4. The number of carbonyl (C=O) groups is 3. The van der Waals surface area contributed by atoms with Crippen molar-refractivity contribution < 1.29 is 37.4 Å². The number of hydrogen-bond acceptors (Lipinski definition) is 6. The Kier molecular flexibility index (Phi) is 6.53. The zero-order valence-corrected chi connectivity index (χ0v) is 16.2. The van der Waals surface area contributed by atoms with Crippen LogP contribution in [0, 0.1) is 11.6 Å². The Labute approximate surface area is 165 Å². The number of anilines is 1. The Morgan fingerprint density at radius 1 is 0.931 bits per heavy atom. The van der Waals surface area contributed by atoms with Crippen LogP contribution in [0.25, 0.3) is 0 Å². The summed E-state index contributed by atoms with van der Waals surface area (Å²) in [5, 5.41) is 2.11. The molecule has 29 heavy (non-hydrogen) atoms. The van der Waals surface area contributed by atoms with E-state index in [0.29, 0.717) is 0 Å². The minimum atomic E-state index is -1.21. The number of halogens is 2. The fourth-order valence-corrected chi connectivity index (χ4v) is 2.21. The monoisotopic (exact) mass is 407 g/mol. The van der Waals surface area contributed by atoms with Crippen molar-refractivity contribution in [1.29, 1.82) is 0 Å². The fraction of sp³-hybridized carbons (Fsp3) is 0.250. The van der Waals surface area contributed by atoms with E-state index in [9.17, 15) is 23.2 Å². The van der Waals surface area contributed by atoms with E-state index in [1.54, 1.807) is 20.8 Å². The maximum atomic E-state index is 14.9.